The molecule has 1 nitrogen and oxygen atoms in total. The predicted molar refractivity (Wildman–Crippen MR) is 52.8 cm³/mol. The van der Waals surface area contributed by atoms with Crippen molar-refractivity contribution in [3.8, 4) is 11.8 Å². The molecule has 0 aromatic rings. The summed E-state index contributed by atoms with van der Waals surface area (Å²) >= 11 is 0. The molecule has 1 atom stereocenters. The van der Waals surface area contributed by atoms with Crippen LogP contribution in [0, 0.1) is 17.8 Å². The van der Waals surface area contributed by atoms with Gasteiger partial charge < -0.3 is 5.11 Å². The smallest absolute Gasteiger partial charge is 0.115 e. The van der Waals surface area contributed by atoms with E-state index in [1.54, 1.807) is 0 Å². The molecule has 1 N–H and O–H groups in total. The number of unbranched alkanes of at least 4 members (excludes halogenated alkanes) is 2. The van der Waals surface area contributed by atoms with Crippen LogP contribution in [0.15, 0.2) is 0 Å². The highest BCUT2D eigenvalue weighted by Crippen LogP contribution is 2.03. The van der Waals surface area contributed by atoms with E-state index in [-0.39, 0.29) is 0 Å². The fourth-order valence-electron chi connectivity index (χ4n) is 0.961. The molecule has 1 heteroatoms. The maximum absolute atomic E-state index is 9.35. The molecule has 0 aromatic heterocycles. The molecule has 1 unspecified atom stereocenters. The summed E-state index contributed by atoms with van der Waals surface area (Å²) in [5, 5.41) is 9.35. The summed E-state index contributed by atoms with van der Waals surface area (Å²) in [6.45, 7) is 6.33. The average molecular weight is 168 g/mol. The number of aliphatic hydroxyl groups is 1. The van der Waals surface area contributed by atoms with Gasteiger partial charge in [-0.2, -0.15) is 0 Å². The van der Waals surface area contributed by atoms with Gasteiger partial charge in [0.25, 0.3) is 0 Å². The highest BCUT2D eigenvalue weighted by atomic mass is 16.3. The maximum Gasteiger partial charge on any atom is 0.115 e. The summed E-state index contributed by atoms with van der Waals surface area (Å²) in [5.41, 5.74) is 0. The third kappa shape index (κ3) is 7.63. The number of aliphatic hydroxyl groups excluding tert-OH is 1. The molecule has 0 heterocycles. The summed E-state index contributed by atoms with van der Waals surface area (Å²) < 4.78 is 0. The van der Waals surface area contributed by atoms with Crippen molar-refractivity contribution in [3.05, 3.63) is 0 Å². The Hall–Kier alpha value is -0.480. The highest BCUT2D eigenvalue weighted by Gasteiger charge is 2.01. The molecule has 0 aromatic carbocycles. The van der Waals surface area contributed by atoms with Crippen LogP contribution in [0.3, 0.4) is 0 Å². The molecule has 12 heavy (non-hydrogen) atoms. The molecule has 0 aliphatic rings. The number of hydrogen-bond donors (Lipinski definition) is 1. The lowest BCUT2D eigenvalue weighted by atomic mass is 10.1. The fraction of sp³-hybridized carbons (Fsp3) is 0.818. The largest absolute Gasteiger partial charge is 0.380 e. The van der Waals surface area contributed by atoms with Gasteiger partial charge in [0.05, 0.1) is 0 Å². The van der Waals surface area contributed by atoms with Gasteiger partial charge in [-0.05, 0) is 18.8 Å². The van der Waals surface area contributed by atoms with Crippen molar-refractivity contribution in [1.82, 2.24) is 0 Å². The Bertz CT molecular complexity index is 150. The van der Waals surface area contributed by atoms with E-state index in [1.807, 2.05) is 0 Å². The number of hydrogen-bond acceptors (Lipinski definition) is 1. The zero-order valence-electron chi connectivity index (χ0n) is 8.43. The normalized spacial score (nSPS) is 12.4. The van der Waals surface area contributed by atoms with Gasteiger partial charge in [0, 0.05) is 6.42 Å². The van der Waals surface area contributed by atoms with Crippen LogP contribution in [0.1, 0.15) is 46.5 Å². The third-order valence-electron chi connectivity index (χ3n) is 1.62. The molecule has 0 rings (SSSR count). The fourth-order valence-corrected chi connectivity index (χ4v) is 0.961. The molecule has 0 aliphatic carbocycles. The van der Waals surface area contributed by atoms with Crippen molar-refractivity contribution in [1.29, 1.82) is 0 Å². The van der Waals surface area contributed by atoms with Crippen molar-refractivity contribution >= 4 is 0 Å². The first-order valence-electron chi connectivity index (χ1n) is 4.83. The SMILES string of the molecule is CCCCC#CC(O)CC(C)C. The first kappa shape index (κ1) is 11.5. The van der Waals surface area contributed by atoms with Gasteiger partial charge in [-0.15, -0.1) is 5.92 Å². The monoisotopic (exact) mass is 168 g/mol. The molecular formula is C11H20O. The van der Waals surface area contributed by atoms with Crippen molar-refractivity contribution in [2.75, 3.05) is 0 Å². The van der Waals surface area contributed by atoms with Gasteiger partial charge in [0.1, 0.15) is 6.10 Å². The Kier molecular flexibility index (Phi) is 6.90. The predicted octanol–water partition coefficient (Wildman–Crippen LogP) is 2.59. The standard InChI is InChI=1S/C11H20O/c1-4-5-6-7-8-11(12)9-10(2)3/h10-12H,4-6,9H2,1-3H3. The molecule has 0 saturated heterocycles. The van der Waals surface area contributed by atoms with E-state index in [4.69, 9.17) is 0 Å². The highest BCUT2D eigenvalue weighted by molar-refractivity contribution is 5.04. The van der Waals surface area contributed by atoms with Crippen LogP contribution in [0.4, 0.5) is 0 Å². The van der Waals surface area contributed by atoms with Crippen LogP contribution in [0.2, 0.25) is 0 Å². The summed E-state index contributed by atoms with van der Waals surface area (Å²) in [7, 11) is 0. The summed E-state index contributed by atoms with van der Waals surface area (Å²) in [6.07, 6.45) is 3.61. The van der Waals surface area contributed by atoms with E-state index in [2.05, 4.69) is 32.6 Å². The van der Waals surface area contributed by atoms with Gasteiger partial charge >= 0.3 is 0 Å². The number of rotatable bonds is 4. The molecule has 0 aliphatic heterocycles. The Balaban J connectivity index is 3.49. The van der Waals surface area contributed by atoms with Crippen LogP contribution in [0.25, 0.3) is 0 Å². The zero-order chi connectivity index (χ0) is 9.40. The van der Waals surface area contributed by atoms with Gasteiger partial charge in [-0.25, -0.2) is 0 Å². The van der Waals surface area contributed by atoms with Crippen LogP contribution in [-0.2, 0) is 0 Å². The molecule has 70 valence electrons. The van der Waals surface area contributed by atoms with Crippen molar-refractivity contribution in [3.63, 3.8) is 0 Å². The summed E-state index contributed by atoms with van der Waals surface area (Å²) in [5.74, 6) is 6.37. The maximum atomic E-state index is 9.35. The van der Waals surface area contributed by atoms with Gasteiger partial charge in [-0.3, -0.25) is 0 Å². The summed E-state index contributed by atoms with van der Waals surface area (Å²) in [4.78, 5) is 0. The van der Waals surface area contributed by atoms with Crippen LogP contribution in [0.5, 0.6) is 0 Å². The lowest BCUT2D eigenvalue weighted by Gasteiger charge is -2.05. The van der Waals surface area contributed by atoms with Crippen LogP contribution >= 0.6 is 0 Å². The lowest BCUT2D eigenvalue weighted by Crippen LogP contribution is -2.06. The Morgan fingerprint density at radius 3 is 2.50 bits per heavy atom. The van der Waals surface area contributed by atoms with E-state index in [9.17, 15) is 5.11 Å². The topological polar surface area (TPSA) is 20.2 Å². The Morgan fingerprint density at radius 1 is 1.33 bits per heavy atom. The third-order valence-corrected chi connectivity index (χ3v) is 1.62. The van der Waals surface area contributed by atoms with Crippen molar-refractivity contribution in [2.24, 2.45) is 5.92 Å². The second-order valence-electron chi connectivity index (χ2n) is 3.57. The minimum atomic E-state index is -0.415. The second-order valence-corrected chi connectivity index (χ2v) is 3.57. The zero-order valence-corrected chi connectivity index (χ0v) is 8.43. The molecule has 0 bridgehead atoms. The molecule has 0 amide bonds. The van der Waals surface area contributed by atoms with E-state index >= 15 is 0 Å². The quantitative estimate of drug-likeness (QED) is 0.505. The van der Waals surface area contributed by atoms with Crippen LogP contribution in [-0.4, -0.2) is 11.2 Å². The Morgan fingerprint density at radius 2 is 2.00 bits per heavy atom. The molecule has 0 radical (unpaired) electrons. The Labute approximate surface area is 76.2 Å². The van der Waals surface area contributed by atoms with E-state index in [0.29, 0.717) is 5.92 Å². The second kappa shape index (κ2) is 7.18. The van der Waals surface area contributed by atoms with E-state index in [1.165, 1.54) is 6.42 Å². The molecule has 0 fully saturated rings. The average Bonchev–Trinajstić information content (AvgIpc) is 1.97. The van der Waals surface area contributed by atoms with Crippen molar-refractivity contribution in [2.45, 2.75) is 52.6 Å². The minimum absolute atomic E-state index is 0.415. The van der Waals surface area contributed by atoms with E-state index < -0.39 is 6.10 Å². The van der Waals surface area contributed by atoms with Gasteiger partial charge in [-0.1, -0.05) is 33.1 Å². The first-order valence-corrected chi connectivity index (χ1v) is 4.83. The molecule has 0 spiro atoms. The lowest BCUT2D eigenvalue weighted by molar-refractivity contribution is 0.204. The van der Waals surface area contributed by atoms with Crippen LogP contribution < -0.4 is 0 Å². The summed E-state index contributed by atoms with van der Waals surface area (Å²) in [6, 6.07) is 0. The van der Waals surface area contributed by atoms with Gasteiger partial charge in [0.15, 0.2) is 0 Å². The van der Waals surface area contributed by atoms with Crippen molar-refractivity contribution < 1.29 is 5.11 Å². The minimum Gasteiger partial charge on any atom is -0.380 e. The molecule has 0 saturated carbocycles. The first-order chi connectivity index (χ1) is 5.66. The van der Waals surface area contributed by atoms with Gasteiger partial charge in [0.2, 0.25) is 0 Å². The molecular weight excluding hydrogens is 148 g/mol. The van der Waals surface area contributed by atoms with E-state index in [0.717, 1.165) is 19.3 Å².